The van der Waals surface area contributed by atoms with Crippen molar-refractivity contribution < 1.29 is 33.4 Å². The van der Waals surface area contributed by atoms with E-state index in [-0.39, 0.29) is 36.8 Å². The molecule has 17 heteroatoms. The Labute approximate surface area is 341 Å². The molecule has 0 unspecified atom stereocenters. The molecule has 5 N–H and O–H groups in total. The summed E-state index contributed by atoms with van der Waals surface area (Å²) in [6.45, 7) is 11.1. The Bertz CT molecular complexity index is 2360. The third-order valence-corrected chi connectivity index (χ3v) is 15.0. The molecular formula is C41H51FN8O6SSi. The van der Waals surface area contributed by atoms with E-state index in [0.717, 1.165) is 49.2 Å². The first kappa shape index (κ1) is 41.0. The number of nitrogens with one attached hydrogen (secondary N) is 4. The number of fused-ring (bicyclic) bond motifs is 3. The zero-order valence-corrected chi connectivity index (χ0v) is 35.6. The van der Waals surface area contributed by atoms with Gasteiger partial charge in [0.05, 0.1) is 61.6 Å². The molecule has 0 saturated carbocycles. The van der Waals surface area contributed by atoms with Crippen molar-refractivity contribution in [3.8, 4) is 21.0 Å². The van der Waals surface area contributed by atoms with Gasteiger partial charge in [0.25, 0.3) is 0 Å². The lowest BCUT2D eigenvalue weighted by Crippen LogP contribution is -2.52. The van der Waals surface area contributed by atoms with Crippen molar-refractivity contribution in [3.63, 3.8) is 0 Å². The molecule has 2 aromatic carbocycles. The van der Waals surface area contributed by atoms with Crippen LogP contribution in [0, 0.1) is 11.8 Å². The van der Waals surface area contributed by atoms with Crippen LogP contribution in [0.4, 0.5) is 9.18 Å². The topological polar surface area (TPSA) is 186 Å². The number of nitrogens with zero attached hydrogens (tertiary/aromatic N) is 4. The zero-order valence-electron chi connectivity index (χ0n) is 33.8. The van der Waals surface area contributed by atoms with Gasteiger partial charge in [0.1, 0.15) is 36.5 Å². The first-order valence-electron chi connectivity index (χ1n) is 19.6. The number of likely N-dealkylation sites (tertiary alicyclic amines) is 1. The summed E-state index contributed by atoms with van der Waals surface area (Å²) in [5.74, 6) is -0.408. The number of aromatic amines is 2. The normalized spacial score (nSPS) is 20.3. The lowest BCUT2D eigenvalue weighted by molar-refractivity contribution is -0.139. The zero-order chi connectivity index (χ0) is 41.6. The molecule has 0 radical (unpaired) electrons. The monoisotopic (exact) mass is 830 g/mol. The van der Waals surface area contributed by atoms with Crippen LogP contribution in [-0.2, 0) is 19.1 Å². The molecule has 0 bridgehead atoms. The van der Waals surface area contributed by atoms with Crippen molar-refractivity contribution in [2.45, 2.75) is 83.6 Å². The molecule has 7 rings (SSSR count). The SMILES string of the molecule is COC(=O)N[C@H](C(=O)N1C[Si](C)(C)C[C@H]1c1ncc(-c2ccc(-c3ccc4c(ccc5[nH]c([C@@H]6C[C@@H](F)CN6C(=O)[C@@H](NC(=O)CO)C(C)C)nc54)c3)s2)[nH]1)C(C)C. The number of alkyl carbamates (subject to hydrolysis) is 1. The Morgan fingerprint density at radius 2 is 1.66 bits per heavy atom. The summed E-state index contributed by atoms with van der Waals surface area (Å²) in [4.78, 5) is 73.6. The molecule has 2 aliphatic rings. The van der Waals surface area contributed by atoms with Gasteiger partial charge in [-0.05, 0) is 53.1 Å². The number of benzene rings is 2. The highest BCUT2D eigenvalue weighted by atomic mass is 32.1. The molecule has 58 heavy (non-hydrogen) atoms. The first-order valence-corrected chi connectivity index (χ1v) is 23.9. The van der Waals surface area contributed by atoms with E-state index in [1.54, 1.807) is 25.2 Å². The molecule has 14 nitrogen and oxygen atoms in total. The maximum Gasteiger partial charge on any atom is 0.407 e. The largest absolute Gasteiger partial charge is 0.453 e. The van der Waals surface area contributed by atoms with Crippen LogP contribution in [-0.4, -0.2) is 111 Å². The number of H-pyrrole nitrogens is 2. The van der Waals surface area contributed by atoms with E-state index in [9.17, 15) is 28.7 Å². The number of aliphatic hydroxyl groups excluding tert-OH is 1. The van der Waals surface area contributed by atoms with Gasteiger partial charge in [0.15, 0.2) is 0 Å². The predicted molar refractivity (Wildman–Crippen MR) is 223 cm³/mol. The number of hydrogen-bond acceptors (Lipinski definition) is 9. The predicted octanol–water partition coefficient (Wildman–Crippen LogP) is 6.09. The number of alkyl halides is 1. The molecule has 5 atom stereocenters. The fourth-order valence-corrected chi connectivity index (χ4v) is 12.1. The highest BCUT2D eigenvalue weighted by Gasteiger charge is 2.46. The van der Waals surface area contributed by atoms with Gasteiger partial charge in [-0.1, -0.05) is 59.0 Å². The van der Waals surface area contributed by atoms with Crippen LogP contribution in [0.5, 0.6) is 0 Å². The van der Waals surface area contributed by atoms with Crippen LogP contribution in [0.1, 0.15) is 57.8 Å². The second-order valence-corrected chi connectivity index (χ2v) is 23.0. The lowest BCUT2D eigenvalue weighted by Gasteiger charge is -2.30. The van der Waals surface area contributed by atoms with E-state index < -0.39 is 56.9 Å². The second kappa shape index (κ2) is 16.3. The number of methoxy groups -OCH3 is 1. The molecule has 2 saturated heterocycles. The minimum atomic E-state index is -1.77. The molecule has 5 aromatic rings. The molecule has 2 aliphatic heterocycles. The Hall–Kier alpha value is -5.13. The number of halogens is 1. The summed E-state index contributed by atoms with van der Waals surface area (Å²) in [5.41, 5.74) is 3.36. The van der Waals surface area contributed by atoms with E-state index >= 15 is 0 Å². The van der Waals surface area contributed by atoms with Crippen LogP contribution in [0.15, 0.2) is 48.7 Å². The van der Waals surface area contributed by atoms with Gasteiger partial charge in [-0.25, -0.2) is 19.2 Å². The van der Waals surface area contributed by atoms with Crippen molar-refractivity contribution in [3.05, 3.63) is 60.3 Å². The average molecular weight is 831 g/mol. The summed E-state index contributed by atoms with van der Waals surface area (Å²) >= 11 is 1.63. The van der Waals surface area contributed by atoms with Crippen molar-refractivity contribution >= 4 is 65.0 Å². The molecule has 0 spiro atoms. The maximum absolute atomic E-state index is 14.9. The summed E-state index contributed by atoms with van der Waals surface area (Å²) in [7, 11) is -0.485. The smallest absolute Gasteiger partial charge is 0.407 e. The van der Waals surface area contributed by atoms with E-state index in [1.165, 1.54) is 12.0 Å². The van der Waals surface area contributed by atoms with E-state index in [2.05, 4.69) is 51.9 Å². The highest BCUT2D eigenvalue weighted by Crippen LogP contribution is 2.41. The van der Waals surface area contributed by atoms with Crippen molar-refractivity contribution in [1.82, 2.24) is 40.4 Å². The Morgan fingerprint density at radius 3 is 2.36 bits per heavy atom. The Morgan fingerprint density at radius 1 is 0.948 bits per heavy atom. The summed E-state index contributed by atoms with van der Waals surface area (Å²) in [6, 6.07) is 12.6. The molecule has 2 fully saturated rings. The van der Waals surface area contributed by atoms with Crippen LogP contribution in [0.3, 0.4) is 0 Å². The van der Waals surface area contributed by atoms with Crippen molar-refractivity contribution in [1.29, 1.82) is 0 Å². The van der Waals surface area contributed by atoms with Crippen LogP contribution in [0.2, 0.25) is 19.1 Å². The first-order chi connectivity index (χ1) is 27.6. The van der Waals surface area contributed by atoms with Gasteiger partial charge >= 0.3 is 6.09 Å². The molecule has 0 aliphatic carbocycles. The van der Waals surface area contributed by atoms with Gasteiger partial charge in [-0.2, -0.15) is 0 Å². The number of imidazole rings is 2. The second-order valence-electron chi connectivity index (χ2n) is 16.9. The Balaban J connectivity index is 1.11. The fraction of sp³-hybridized carbons (Fsp3) is 0.463. The number of rotatable bonds is 11. The van der Waals surface area contributed by atoms with Crippen molar-refractivity contribution in [2.75, 3.05) is 26.4 Å². The lowest BCUT2D eigenvalue weighted by atomic mass is 10.0. The quantitative estimate of drug-likeness (QED) is 0.0991. The van der Waals surface area contributed by atoms with Crippen LogP contribution >= 0.6 is 11.3 Å². The minimum Gasteiger partial charge on any atom is -0.453 e. The number of carbonyl (C=O) groups is 4. The molecule has 308 valence electrons. The number of aliphatic hydroxyl groups is 1. The molecule has 5 heterocycles. The third kappa shape index (κ3) is 8.11. The maximum atomic E-state index is 14.9. The van der Waals surface area contributed by atoms with Crippen molar-refractivity contribution in [2.24, 2.45) is 11.8 Å². The summed E-state index contributed by atoms with van der Waals surface area (Å²) in [6.07, 6.45) is 0.679. The number of aromatic nitrogens is 4. The van der Waals surface area contributed by atoms with Gasteiger partial charge in [-0.15, -0.1) is 11.3 Å². The minimum absolute atomic E-state index is 0.0782. The average Bonchev–Trinajstić information content (AvgIpc) is 4.04. The summed E-state index contributed by atoms with van der Waals surface area (Å²) in [5, 5.41) is 16.4. The van der Waals surface area contributed by atoms with Gasteiger partial charge in [0.2, 0.25) is 17.7 Å². The molecule has 3 aromatic heterocycles. The highest BCUT2D eigenvalue weighted by molar-refractivity contribution is 7.18. The number of ether oxygens (including phenoxy) is 1. The van der Waals surface area contributed by atoms with Gasteiger partial charge in [0, 0.05) is 22.9 Å². The van der Waals surface area contributed by atoms with Crippen LogP contribution in [0.25, 0.3) is 42.8 Å². The van der Waals surface area contributed by atoms with E-state index in [4.69, 9.17) is 14.7 Å². The standard InChI is InChI=1S/C41H51FN8O6SSi/c1-21(2)34(46-33(52)18-51)39(53)49-17-25(42)15-29(49)38-44-27-11-9-23-14-24(8-10-26(23)36(27)47-38)31-12-13-32(57-31)28-16-43-37(45-28)30-19-58(6,7)20-50(30)40(54)35(22(3)4)48-41(55)56-5/h8-14,16,21-22,25,29-30,34-35,51H,15,17-20H2,1-7H3,(H,43,45)(H,44,47)(H,46,52)(H,48,55)/t25-,29+,30+,34+,35+/m1/s1. The number of hydrogen-bond donors (Lipinski definition) is 5. The van der Waals surface area contributed by atoms with Crippen LogP contribution < -0.4 is 10.6 Å². The van der Waals surface area contributed by atoms with E-state index in [1.807, 2.05) is 49.2 Å². The molecular weight excluding hydrogens is 780 g/mol. The third-order valence-electron chi connectivity index (χ3n) is 11.2. The number of thiophene rings is 1. The van der Waals surface area contributed by atoms with E-state index in [0.29, 0.717) is 17.5 Å². The van der Waals surface area contributed by atoms with Gasteiger partial charge < -0.3 is 40.2 Å². The van der Waals surface area contributed by atoms with Gasteiger partial charge in [-0.3, -0.25) is 14.4 Å². The Kier molecular flexibility index (Phi) is 11.5. The summed E-state index contributed by atoms with van der Waals surface area (Å²) < 4.78 is 19.7. The number of amides is 4. The fourth-order valence-electron chi connectivity index (χ4n) is 8.22. The molecule has 4 amide bonds. The number of carbonyl (C=O) groups excluding carboxylic acids is 4.